The molecule has 0 aromatic heterocycles. The molecule has 12 nitrogen and oxygen atoms in total. The molecule has 0 aliphatic rings. The van der Waals surface area contributed by atoms with E-state index in [9.17, 15) is 42.4 Å². The van der Waals surface area contributed by atoms with E-state index in [0.29, 0.717) is 32.5 Å². The molecule has 0 bridgehead atoms. The van der Waals surface area contributed by atoms with E-state index < -0.39 is 22.3 Å². The second kappa shape index (κ2) is 81.6. The molecule has 15 heteroatoms. The molecule has 0 atom stereocenters. The smallest absolute Gasteiger partial charge is 0.726 e. The third-order valence-corrected chi connectivity index (χ3v) is 14.7. The summed E-state index contributed by atoms with van der Waals surface area (Å²) in [6.45, 7) is 12.1. The Balaban J connectivity index is -0.000000230. The van der Waals surface area contributed by atoms with Crippen molar-refractivity contribution in [3.05, 3.63) is 0 Å². The molecular formula is C66H129MgNaO12S. The van der Waals surface area contributed by atoms with Crippen LogP contribution < -0.4 is 39.8 Å². The zero-order valence-electron chi connectivity index (χ0n) is 54.3. The van der Waals surface area contributed by atoms with Crippen molar-refractivity contribution in [2.45, 2.75) is 381 Å². The predicted molar refractivity (Wildman–Crippen MR) is 331 cm³/mol. The predicted octanol–water partition coefficient (Wildman–Crippen LogP) is 14.8. The minimum absolute atomic E-state index is 0. The van der Waals surface area contributed by atoms with Crippen LogP contribution in [0.2, 0.25) is 0 Å². The third kappa shape index (κ3) is 102. The van der Waals surface area contributed by atoms with Crippen LogP contribution in [0.5, 0.6) is 0 Å². The monoisotopic (exact) mass is 1190 g/mol. The van der Waals surface area contributed by atoms with Crippen LogP contribution in [0.4, 0.5) is 0 Å². The molecule has 0 fully saturated rings. The summed E-state index contributed by atoms with van der Waals surface area (Å²) in [6.07, 6.45) is 62.7. The minimum Gasteiger partial charge on any atom is -0.726 e. The standard InChI is InChI=1S/C18H34O4.2C18H36O2.C12H26O4S.Mg.Na/c1-3-5-15-21-17(19)13-11-9-7-8-10-12-14-18(20)22-16-6-4-2;2*1-2-3-4-5-6-7-8-9-10-11-12-13-14-15-16-17-18(19)20;1-2-3-4-5-6-7-8-9-10-11-12-16-17(13,14)15;;/h3-16H2,1-2H3;2*2-17H2,1H3,(H,19,20);2-12H2,1H3,(H,13,14,15);;/q;;;;+2;+1/p-3. The summed E-state index contributed by atoms with van der Waals surface area (Å²) in [4.78, 5) is 43.2. The van der Waals surface area contributed by atoms with Gasteiger partial charge in [0.05, 0.1) is 19.8 Å². The number of carbonyl (C=O) groups excluding carboxylic acids is 4. The van der Waals surface area contributed by atoms with Crippen LogP contribution in [0.1, 0.15) is 381 Å². The fourth-order valence-corrected chi connectivity index (χ4v) is 9.40. The van der Waals surface area contributed by atoms with Gasteiger partial charge in [0.1, 0.15) is 0 Å². The molecule has 0 aliphatic carbocycles. The molecule has 0 saturated heterocycles. The number of carbonyl (C=O) groups is 4. The van der Waals surface area contributed by atoms with Crippen molar-refractivity contribution >= 4 is 57.3 Å². The number of unbranched alkanes of at least 4 members (excludes halogenated alkanes) is 44. The Hall–Kier alpha value is -0.484. The first-order valence-electron chi connectivity index (χ1n) is 33.6. The third-order valence-electron chi connectivity index (χ3n) is 14.2. The average molecular weight is 1190 g/mol. The quantitative estimate of drug-likeness (QED) is 0.0184. The molecule has 0 aliphatic heterocycles. The first kappa shape index (κ1) is 91.7. The van der Waals surface area contributed by atoms with Crippen LogP contribution >= 0.6 is 0 Å². The summed E-state index contributed by atoms with van der Waals surface area (Å²) < 4.78 is 44.7. The molecule has 0 saturated carbocycles. The van der Waals surface area contributed by atoms with E-state index in [-0.39, 0.29) is 84.0 Å². The van der Waals surface area contributed by atoms with Gasteiger partial charge in [0.15, 0.2) is 0 Å². The maximum atomic E-state index is 11.4. The molecule has 0 spiro atoms. The van der Waals surface area contributed by atoms with Crippen LogP contribution in [-0.2, 0) is 43.2 Å². The average Bonchev–Trinajstić information content (AvgIpc) is 3.41. The van der Waals surface area contributed by atoms with Crippen LogP contribution in [0, 0.1) is 0 Å². The molecule has 0 amide bonds. The van der Waals surface area contributed by atoms with Crippen molar-refractivity contribution in [2.24, 2.45) is 0 Å². The van der Waals surface area contributed by atoms with Crippen LogP contribution in [-0.4, -0.2) is 79.7 Å². The number of ether oxygens (including phenoxy) is 2. The van der Waals surface area contributed by atoms with Gasteiger partial charge in [0.2, 0.25) is 10.4 Å². The Bertz CT molecular complexity index is 1270. The number of hydrogen-bond acceptors (Lipinski definition) is 12. The number of hydrogen-bond donors (Lipinski definition) is 0. The zero-order valence-corrected chi connectivity index (χ0v) is 58.6. The van der Waals surface area contributed by atoms with Gasteiger partial charge < -0.3 is 33.8 Å². The van der Waals surface area contributed by atoms with Crippen LogP contribution in [0.15, 0.2) is 0 Å². The summed E-state index contributed by atoms with van der Waals surface area (Å²) in [5.41, 5.74) is 0. The van der Waals surface area contributed by atoms with E-state index in [1.165, 1.54) is 212 Å². The van der Waals surface area contributed by atoms with Gasteiger partial charge in [-0.2, -0.15) is 0 Å². The molecule has 0 heterocycles. The number of carboxylic acid groups (broad SMARTS) is 2. The van der Waals surface area contributed by atoms with Gasteiger partial charge in [-0.3, -0.25) is 13.8 Å². The second-order valence-corrected chi connectivity index (χ2v) is 23.4. The minimum atomic E-state index is -4.48. The van der Waals surface area contributed by atoms with Gasteiger partial charge in [0.25, 0.3) is 0 Å². The Morgan fingerprint density at radius 2 is 0.469 bits per heavy atom. The largest absolute Gasteiger partial charge is 2.00 e. The van der Waals surface area contributed by atoms with Crippen molar-refractivity contribution in [3.63, 3.8) is 0 Å². The van der Waals surface area contributed by atoms with Crippen molar-refractivity contribution in [3.8, 4) is 0 Å². The number of carboxylic acids is 2. The molecular weight excluding hydrogens is 1060 g/mol. The molecule has 81 heavy (non-hydrogen) atoms. The molecule has 0 aromatic carbocycles. The number of aliphatic carboxylic acids is 2. The molecule has 474 valence electrons. The summed E-state index contributed by atoms with van der Waals surface area (Å²) in [5, 5.41) is 20.4. The Morgan fingerprint density at radius 3 is 0.667 bits per heavy atom. The van der Waals surface area contributed by atoms with Crippen LogP contribution in [0.3, 0.4) is 0 Å². The fourth-order valence-electron chi connectivity index (χ4n) is 9.08. The van der Waals surface area contributed by atoms with Crippen LogP contribution in [0.25, 0.3) is 0 Å². The first-order chi connectivity index (χ1) is 38.3. The topological polar surface area (TPSA) is 199 Å². The van der Waals surface area contributed by atoms with Crippen molar-refractivity contribution in [1.29, 1.82) is 0 Å². The SMILES string of the molecule is CCCCCCCCCCCCCCCCCC(=O)[O-].CCCCCCCCCCCCCCCCCC(=O)[O-].CCCCCCCCCCCCOS(=O)(=O)[O-].CCCCOC(=O)CCCCCCCCC(=O)OCCCC.[Mg+2].[Na+]. The normalized spacial score (nSPS) is 10.7. The summed E-state index contributed by atoms with van der Waals surface area (Å²) in [7, 11) is -4.48. The number of esters is 2. The van der Waals surface area contributed by atoms with Crippen molar-refractivity contribution in [1.82, 2.24) is 0 Å². The molecule has 0 N–H and O–H groups in total. The summed E-state index contributed by atoms with van der Waals surface area (Å²) in [5.74, 6) is -1.94. The molecule has 0 unspecified atom stereocenters. The van der Waals surface area contributed by atoms with E-state index in [1.54, 1.807) is 0 Å². The van der Waals surface area contributed by atoms with Gasteiger partial charge in [-0.15, -0.1) is 0 Å². The van der Waals surface area contributed by atoms with E-state index in [0.717, 1.165) is 103 Å². The van der Waals surface area contributed by atoms with E-state index in [4.69, 9.17) is 9.47 Å². The maximum Gasteiger partial charge on any atom is 2.00 e. The first-order valence-corrected chi connectivity index (χ1v) is 34.9. The van der Waals surface area contributed by atoms with E-state index in [2.05, 4.69) is 38.8 Å². The summed E-state index contributed by atoms with van der Waals surface area (Å²) in [6, 6.07) is 0. The molecule has 0 rings (SSSR count). The van der Waals surface area contributed by atoms with Crippen molar-refractivity contribution < 1.29 is 85.6 Å². The fraction of sp³-hybridized carbons (Fsp3) is 0.939. The van der Waals surface area contributed by atoms with Gasteiger partial charge in [-0.25, -0.2) is 8.42 Å². The maximum absolute atomic E-state index is 11.4. The number of rotatable bonds is 59. The Kier molecular flexibility index (Phi) is 92.3. The van der Waals surface area contributed by atoms with Gasteiger partial charge in [-0.1, -0.05) is 311 Å². The molecule has 0 radical (unpaired) electrons. The Labute approximate surface area is 540 Å². The van der Waals surface area contributed by atoms with Gasteiger partial charge in [0, 0.05) is 24.8 Å². The van der Waals surface area contributed by atoms with Crippen molar-refractivity contribution in [2.75, 3.05) is 19.8 Å². The zero-order chi connectivity index (χ0) is 59.2. The molecule has 0 aromatic rings. The second-order valence-electron chi connectivity index (χ2n) is 22.3. The van der Waals surface area contributed by atoms with E-state index in [1.807, 2.05) is 0 Å². The Morgan fingerprint density at radius 1 is 0.284 bits per heavy atom. The van der Waals surface area contributed by atoms with E-state index >= 15 is 0 Å². The van der Waals surface area contributed by atoms with Gasteiger partial charge >= 0.3 is 64.5 Å². The summed E-state index contributed by atoms with van der Waals surface area (Å²) >= 11 is 0. The van der Waals surface area contributed by atoms with Gasteiger partial charge in [-0.05, 0) is 57.8 Å².